The first kappa shape index (κ1) is 13.2. The van der Waals surface area contributed by atoms with Gasteiger partial charge in [-0.25, -0.2) is 0 Å². The molecule has 0 aliphatic carbocycles. The van der Waals surface area contributed by atoms with Crippen LogP contribution in [-0.4, -0.2) is 23.7 Å². The van der Waals surface area contributed by atoms with Gasteiger partial charge in [0.2, 0.25) is 0 Å². The zero-order chi connectivity index (χ0) is 11.6. The van der Waals surface area contributed by atoms with Gasteiger partial charge >= 0.3 is 12.1 Å². The molecule has 0 fully saturated rings. The van der Waals surface area contributed by atoms with Crippen molar-refractivity contribution < 1.29 is 18.0 Å². The minimum atomic E-state index is -4.84. The first-order chi connectivity index (χ1) is 6.04. The van der Waals surface area contributed by atoms with Gasteiger partial charge in [0.05, 0.1) is 0 Å². The molecule has 1 atom stereocenters. The van der Waals surface area contributed by atoms with Crippen LogP contribution in [0.3, 0.4) is 0 Å². The van der Waals surface area contributed by atoms with E-state index in [0.29, 0.717) is 0 Å². The Morgan fingerprint density at radius 3 is 2.14 bits per heavy atom. The summed E-state index contributed by atoms with van der Waals surface area (Å²) in [5, 5.41) is 1.88. The normalized spacial score (nSPS) is 15.1. The maximum atomic E-state index is 11.9. The molecular formula is C8H15F3N2O. The summed E-state index contributed by atoms with van der Waals surface area (Å²) in [6, 6.07) is -0.265. The summed E-state index contributed by atoms with van der Waals surface area (Å²) in [6.45, 7) is 4.67. The van der Waals surface area contributed by atoms with E-state index in [9.17, 15) is 18.0 Å². The van der Waals surface area contributed by atoms with Crippen molar-refractivity contribution in [3.8, 4) is 0 Å². The SMILES string of the molecule is CC(N)CC(C)(C)NC(=O)C(F)(F)F. The van der Waals surface area contributed by atoms with Crippen LogP contribution in [0.5, 0.6) is 0 Å². The predicted octanol–water partition coefficient (Wildman–Crippen LogP) is 1.18. The summed E-state index contributed by atoms with van der Waals surface area (Å²) >= 11 is 0. The minimum Gasteiger partial charge on any atom is -0.343 e. The Morgan fingerprint density at radius 2 is 1.86 bits per heavy atom. The molecule has 3 nitrogen and oxygen atoms in total. The summed E-state index contributed by atoms with van der Waals surface area (Å²) < 4.78 is 35.6. The smallest absolute Gasteiger partial charge is 0.343 e. The number of hydrogen-bond acceptors (Lipinski definition) is 2. The molecule has 0 aliphatic heterocycles. The summed E-state index contributed by atoms with van der Waals surface area (Å²) in [5.74, 6) is -1.93. The van der Waals surface area contributed by atoms with E-state index in [-0.39, 0.29) is 12.5 Å². The molecule has 0 rings (SSSR count). The maximum absolute atomic E-state index is 11.9. The second-order valence-electron chi connectivity index (χ2n) is 4.02. The number of alkyl halides is 3. The molecule has 0 aromatic carbocycles. The van der Waals surface area contributed by atoms with Crippen molar-refractivity contribution in [2.75, 3.05) is 0 Å². The number of halogens is 3. The van der Waals surface area contributed by atoms with Crippen LogP contribution in [0.2, 0.25) is 0 Å². The molecule has 1 unspecified atom stereocenters. The van der Waals surface area contributed by atoms with Gasteiger partial charge < -0.3 is 11.1 Å². The standard InChI is InChI=1S/C8H15F3N2O/c1-5(12)4-7(2,3)13-6(14)8(9,10)11/h5H,4,12H2,1-3H3,(H,13,14). The lowest BCUT2D eigenvalue weighted by Gasteiger charge is -2.28. The monoisotopic (exact) mass is 212 g/mol. The highest BCUT2D eigenvalue weighted by molar-refractivity contribution is 5.82. The first-order valence-corrected chi connectivity index (χ1v) is 4.19. The third-order valence-electron chi connectivity index (χ3n) is 1.54. The van der Waals surface area contributed by atoms with Gasteiger partial charge in [0, 0.05) is 11.6 Å². The minimum absolute atomic E-state index is 0.265. The van der Waals surface area contributed by atoms with Crippen LogP contribution in [0, 0.1) is 0 Å². The van der Waals surface area contributed by atoms with E-state index in [4.69, 9.17) is 5.73 Å². The van der Waals surface area contributed by atoms with Crippen molar-refractivity contribution in [1.29, 1.82) is 0 Å². The second-order valence-corrected chi connectivity index (χ2v) is 4.02. The molecule has 0 saturated carbocycles. The van der Waals surface area contributed by atoms with Gasteiger partial charge in [0.1, 0.15) is 0 Å². The molecular weight excluding hydrogens is 197 g/mol. The van der Waals surface area contributed by atoms with Crippen LogP contribution in [-0.2, 0) is 4.79 Å². The van der Waals surface area contributed by atoms with Crippen molar-refractivity contribution in [2.45, 2.75) is 44.9 Å². The lowest BCUT2D eigenvalue weighted by atomic mass is 9.96. The van der Waals surface area contributed by atoms with Crippen LogP contribution >= 0.6 is 0 Å². The van der Waals surface area contributed by atoms with E-state index >= 15 is 0 Å². The highest BCUT2D eigenvalue weighted by atomic mass is 19.4. The number of nitrogens with two attached hydrogens (primary N) is 1. The molecule has 0 aliphatic rings. The maximum Gasteiger partial charge on any atom is 0.471 e. The fourth-order valence-corrected chi connectivity index (χ4v) is 1.23. The fraction of sp³-hybridized carbons (Fsp3) is 0.875. The molecule has 0 aromatic heterocycles. The van der Waals surface area contributed by atoms with E-state index < -0.39 is 17.6 Å². The van der Waals surface area contributed by atoms with E-state index in [0.717, 1.165) is 0 Å². The van der Waals surface area contributed by atoms with Crippen molar-refractivity contribution in [1.82, 2.24) is 5.32 Å². The molecule has 3 N–H and O–H groups in total. The first-order valence-electron chi connectivity index (χ1n) is 4.19. The molecule has 0 saturated heterocycles. The van der Waals surface area contributed by atoms with Gasteiger partial charge in [-0.15, -0.1) is 0 Å². The Morgan fingerprint density at radius 1 is 1.43 bits per heavy atom. The molecule has 0 spiro atoms. The van der Waals surface area contributed by atoms with Gasteiger partial charge in [-0.3, -0.25) is 4.79 Å². The summed E-state index contributed by atoms with van der Waals surface area (Å²) in [6.07, 6.45) is -4.55. The Bertz CT molecular complexity index is 211. The number of carbonyl (C=O) groups excluding carboxylic acids is 1. The van der Waals surface area contributed by atoms with E-state index in [2.05, 4.69) is 0 Å². The zero-order valence-electron chi connectivity index (χ0n) is 8.40. The zero-order valence-corrected chi connectivity index (χ0v) is 8.40. The predicted molar refractivity (Wildman–Crippen MR) is 46.5 cm³/mol. The fourth-order valence-electron chi connectivity index (χ4n) is 1.23. The third-order valence-corrected chi connectivity index (χ3v) is 1.54. The van der Waals surface area contributed by atoms with Gasteiger partial charge in [0.15, 0.2) is 0 Å². The highest BCUT2D eigenvalue weighted by Crippen LogP contribution is 2.18. The van der Waals surface area contributed by atoms with Crippen molar-refractivity contribution in [3.05, 3.63) is 0 Å². The number of carbonyl (C=O) groups is 1. The quantitative estimate of drug-likeness (QED) is 0.738. The molecule has 1 amide bonds. The molecule has 0 bridgehead atoms. The van der Waals surface area contributed by atoms with E-state index in [1.807, 2.05) is 5.32 Å². The van der Waals surface area contributed by atoms with Crippen LogP contribution in [0.15, 0.2) is 0 Å². The lowest BCUT2D eigenvalue weighted by Crippen LogP contribution is -2.51. The van der Waals surface area contributed by atoms with Crippen LogP contribution < -0.4 is 11.1 Å². The Hall–Kier alpha value is -0.780. The van der Waals surface area contributed by atoms with Gasteiger partial charge in [0.25, 0.3) is 0 Å². The van der Waals surface area contributed by atoms with E-state index in [1.165, 1.54) is 13.8 Å². The number of rotatable bonds is 3. The molecule has 0 heterocycles. The molecule has 0 aromatic rings. The average Bonchev–Trinajstić information content (AvgIpc) is 1.79. The second kappa shape index (κ2) is 4.16. The summed E-state index contributed by atoms with van der Waals surface area (Å²) in [4.78, 5) is 10.6. The molecule has 84 valence electrons. The van der Waals surface area contributed by atoms with Crippen molar-refractivity contribution in [3.63, 3.8) is 0 Å². The van der Waals surface area contributed by atoms with Crippen LogP contribution in [0.25, 0.3) is 0 Å². The molecule has 0 radical (unpaired) electrons. The van der Waals surface area contributed by atoms with E-state index in [1.54, 1.807) is 6.92 Å². The van der Waals surface area contributed by atoms with Crippen molar-refractivity contribution in [2.24, 2.45) is 5.73 Å². The summed E-state index contributed by atoms with van der Waals surface area (Å²) in [7, 11) is 0. The number of amides is 1. The number of hydrogen-bond donors (Lipinski definition) is 2. The van der Waals surface area contributed by atoms with Gasteiger partial charge in [-0.05, 0) is 27.2 Å². The molecule has 6 heteroatoms. The average molecular weight is 212 g/mol. The van der Waals surface area contributed by atoms with Gasteiger partial charge in [-0.2, -0.15) is 13.2 Å². The molecule has 14 heavy (non-hydrogen) atoms. The van der Waals surface area contributed by atoms with Gasteiger partial charge in [-0.1, -0.05) is 0 Å². The Balaban J connectivity index is 4.30. The Labute approximate surface area is 80.8 Å². The van der Waals surface area contributed by atoms with Crippen molar-refractivity contribution >= 4 is 5.91 Å². The summed E-state index contributed by atoms with van der Waals surface area (Å²) in [5.41, 5.74) is 4.49. The van der Waals surface area contributed by atoms with Crippen LogP contribution in [0.1, 0.15) is 27.2 Å². The lowest BCUT2D eigenvalue weighted by molar-refractivity contribution is -0.175. The highest BCUT2D eigenvalue weighted by Gasteiger charge is 2.41. The third kappa shape index (κ3) is 5.06. The van der Waals surface area contributed by atoms with Crippen LogP contribution in [0.4, 0.5) is 13.2 Å². The number of nitrogens with one attached hydrogen (secondary N) is 1. The topological polar surface area (TPSA) is 55.1 Å². The Kier molecular flexibility index (Phi) is 3.93. The largest absolute Gasteiger partial charge is 0.471 e.